The minimum absolute atomic E-state index is 0.204. The van der Waals surface area contributed by atoms with Crippen molar-refractivity contribution >= 4 is 40.4 Å². The first kappa shape index (κ1) is 22.8. The maximum absolute atomic E-state index is 13.8. The topological polar surface area (TPSA) is 79.0 Å². The summed E-state index contributed by atoms with van der Waals surface area (Å²) in [5.41, 5.74) is 2.90. The maximum Gasteiger partial charge on any atom is 0.282 e. The van der Waals surface area contributed by atoms with E-state index in [1.54, 1.807) is 36.4 Å². The van der Waals surface area contributed by atoms with Crippen LogP contribution < -0.4 is 19.9 Å². The summed E-state index contributed by atoms with van der Waals surface area (Å²) < 4.78 is 5.53. The summed E-state index contributed by atoms with van der Waals surface area (Å²) in [4.78, 5) is 42.0. The molecule has 0 saturated carbocycles. The molecule has 0 fully saturated rings. The van der Waals surface area contributed by atoms with E-state index in [4.69, 9.17) is 4.74 Å². The molecule has 1 aliphatic heterocycles. The largest absolute Gasteiger partial charge is 0.496 e. The normalized spacial score (nSPS) is 13.3. The van der Waals surface area contributed by atoms with E-state index in [0.29, 0.717) is 29.2 Å². The molecule has 34 heavy (non-hydrogen) atoms. The Morgan fingerprint density at radius 3 is 2.18 bits per heavy atom. The minimum Gasteiger partial charge on any atom is -0.496 e. The average molecular weight is 456 g/mol. The molecule has 7 heteroatoms. The smallest absolute Gasteiger partial charge is 0.282 e. The zero-order valence-electron chi connectivity index (χ0n) is 19.2. The molecule has 1 heterocycles. The zero-order valence-corrected chi connectivity index (χ0v) is 19.2. The number of rotatable bonds is 7. The van der Waals surface area contributed by atoms with Crippen LogP contribution in [0.4, 0.5) is 17.1 Å². The number of imide groups is 1. The van der Waals surface area contributed by atoms with E-state index in [0.717, 1.165) is 5.69 Å². The van der Waals surface area contributed by atoms with Crippen LogP contribution in [0, 0.1) is 0 Å². The van der Waals surface area contributed by atoms with E-state index < -0.39 is 11.8 Å². The number of anilines is 3. The fraction of sp³-hybridized carbons (Fsp3) is 0.148. The predicted octanol–water partition coefficient (Wildman–Crippen LogP) is 4.46. The van der Waals surface area contributed by atoms with Crippen molar-refractivity contribution in [1.82, 2.24) is 0 Å². The SMILES string of the molecule is CCN(C1=C(c2ccccc2OC)C(=O)N(c2ccc(NC(C)=O)cc2)C1=O)c1ccccc1. The number of nitrogens with zero attached hydrogens (tertiary/aromatic N) is 2. The Balaban J connectivity index is 1.86. The maximum atomic E-state index is 13.8. The Morgan fingerprint density at radius 1 is 0.912 bits per heavy atom. The fourth-order valence-electron chi connectivity index (χ4n) is 4.07. The van der Waals surface area contributed by atoms with Gasteiger partial charge >= 0.3 is 0 Å². The second-order valence-corrected chi connectivity index (χ2v) is 7.68. The molecule has 3 amide bonds. The molecule has 7 nitrogen and oxygen atoms in total. The van der Waals surface area contributed by atoms with Crippen molar-refractivity contribution in [3.63, 3.8) is 0 Å². The van der Waals surface area contributed by atoms with Crippen molar-refractivity contribution in [3.05, 3.63) is 90.1 Å². The average Bonchev–Trinajstić information content (AvgIpc) is 3.10. The highest BCUT2D eigenvalue weighted by atomic mass is 16.5. The summed E-state index contributed by atoms with van der Waals surface area (Å²) in [5.74, 6) is -0.567. The highest BCUT2D eigenvalue weighted by Gasteiger charge is 2.43. The molecule has 0 aliphatic carbocycles. The number of hydrogen-bond acceptors (Lipinski definition) is 5. The summed E-state index contributed by atoms with van der Waals surface area (Å²) >= 11 is 0. The first-order chi connectivity index (χ1) is 16.5. The van der Waals surface area contributed by atoms with Crippen LogP contribution in [0.25, 0.3) is 5.57 Å². The summed E-state index contributed by atoms with van der Waals surface area (Å²) in [6, 6.07) is 23.3. The number of methoxy groups -OCH3 is 1. The predicted molar refractivity (Wildman–Crippen MR) is 133 cm³/mol. The number of hydrogen-bond donors (Lipinski definition) is 1. The van der Waals surface area contributed by atoms with E-state index >= 15 is 0 Å². The van der Waals surface area contributed by atoms with Gasteiger partial charge in [-0.3, -0.25) is 14.4 Å². The lowest BCUT2D eigenvalue weighted by Crippen LogP contribution is -2.35. The van der Waals surface area contributed by atoms with Gasteiger partial charge in [-0.15, -0.1) is 0 Å². The van der Waals surface area contributed by atoms with Gasteiger partial charge in [0, 0.05) is 30.4 Å². The first-order valence-corrected chi connectivity index (χ1v) is 10.9. The molecular weight excluding hydrogens is 430 g/mol. The third-order valence-electron chi connectivity index (χ3n) is 5.54. The van der Waals surface area contributed by atoms with Crippen molar-refractivity contribution < 1.29 is 19.1 Å². The number of ether oxygens (including phenoxy) is 1. The van der Waals surface area contributed by atoms with Crippen LogP contribution >= 0.6 is 0 Å². The summed E-state index contributed by atoms with van der Waals surface area (Å²) in [6.45, 7) is 3.83. The van der Waals surface area contributed by atoms with Crippen LogP contribution in [0.2, 0.25) is 0 Å². The van der Waals surface area contributed by atoms with Gasteiger partial charge in [0.1, 0.15) is 11.4 Å². The minimum atomic E-state index is -0.439. The quantitative estimate of drug-likeness (QED) is 0.532. The summed E-state index contributed by atoms with van der Waals surface area (Å²) in [7, 11) is 1.54. The van der Waals surface area contributed by atoms with Crippen LogP contribution in [0.5, 0.6) is 5.75 Å². The zero-order chi connectivity index (χ0) is 24.2. The molecule has 0 radical (unpaired) electrons. The van der Waals surface area contributed by atoms with Crippen molar-refractivity contribution in [2.24, 2.45) is 0 Å². The molecule has 4 rings (SSSR count). The van der Waals surface area contributed by atoms with Gasteiger partial charge in [0.15, 0.2) is 0 Å². The third-order valence-corrected chi connectivity index (χ3v) is 5.54. The Labute approximate surface area is 198 Å². The van der Waals surface area contributed by atoms with Crippen LogP contribution in [-0.2, 0) is 14.4 Å². The van der Waals surface area contributed by atoms with Crippen molar-refractivity contribution in [3.8, 4) is 5.75 Å². The van der Waals surface area contributed by atoms with Gasteiger partial charge in [0.2, 0.25) is 5.91 Å². The monoisotopic (exact) mass is 455 g/mol. The Hall–Kier alpha value is -4.39. The molecular formula is C27H25N3O4. The van der Waals surface area contributed by atoms with Gasteiger partial charge in [-0.1, -0.05) is 36.4 Å². The molecule has 3 aromatic rings. The number of likely N-dealkylation sites (N-methyl/N-ethyl adjacent to an activating group) is 1. The molecule has 0 bridgehead atoms. The van der Waals surface area contributed by atoms with Crippen LogP contribution in [-0.4, -0.2) is 31.4 Å². The van der Waals surface area contributed by atoms with Crippen LogP contribution in [0.15, 0.2) is 84.6 Å². The number of carbonyl (C=O) groups is 3. The van der Waals surface area contributed by atoms with E-state index in [9.17, 15) is 14.4 Å². The molecule has 0 spiro atoms. The second-order valence-electron chi connectivity index (χ2n) is 7.68. The van der Waals surface area contributed by atoms with Gasteiger partial charge < -0.3 is 15.0 Å². The molecule has 1 aliphatic rings. The Kier molecular flexibility index (Phi) is 6.45. The summed E-state index contributed by atoms with van der Waals surface area (Å²) in [6.07, 6.45) is 0. The molecule has 0 saturated heterocycles. The van der Waals surface area contributed by atoms with Crippen molar-refractivity contribution in [2.75, 3.05) is 28.8 Å². The van der Waals surface area contributed by atoms with Gasteiger partial charge in [-0.05, 0) is 49.4 Å². The second kappa shape index (κ2) is 9.62. The number of benzene rings is 3. The number of para-hydroxylation sites is 2. The molecule has 0 atom stereocenters. The fourth-order valence-corrected chi connectivity index (χ4v) is 4.07. The lowest BCUT2D eigenvalue weighted by atomic mass is 10.0. The van der Waals surface area contributed by atoms with Gasteiger partial charge in [-0.2, -0.15) is 0 Å². The highest BCUT2D eigenvalue weighted by molar-refractivity contribution is 6.46. The van der Waals surface area contributed by atoms with E-state index in [-0.39, 0.29) is 17.2 Å². The standard InChI is InChI=1S/C27H25N3O4/c1-4-29(20-10-6-5-7-11-20)25-24(22-12-8-9-13-23(22)34-3)26(32)30(27(25)33)21-16-14-19(15-17-21)28-18(2)31/h5-17H,4H2,1-3H3,(H,28,31). The molecule has 172 valence electrons. The molecule has 1 N–H and O–H groups in total. The molecule has 0 unspecified atom stereocenters. The Bertz CT molecular complexity index is 1270. The van der Waals surface area contributed by atoms with E-state index in [1.165, 1.54) is 18.9 Å². The number of carbonyl (C=O) groups excluding carboxylic acids is 3. The molecule has 3 aromatic carbocycles. The number of nitrogens with one attached hydrogen (secondary N) is 1. The Morgan fingerprint density at radius 2 is 1.56 bits per heavy atom. The lowest BCUT2D eigenvalue weighted by molar-refractivity contribution is -0.120. The van der Waals surface area contributed by atoms with Crippen molar-refractivity contribution in [2.45, 2.75) is 13.8 Å². The van der Waals surface area contributed by atoms with E-state index in [1.807, 2.05) is 54.3 Å². The van der Waals surface area contributed by atoms with Crippen LogP contribution in [0.3, 0.4) is 0 Å². The first-order valence-electron chi connectivity index (χ1n) is 10.9. The third kappa shape index (κ3) is 4.15. The lowest BCUT2D eigenvalue weighted by Gasteiger charge is -2.25. The summed E-state index contributed by atoms with van der Waals surface area (Å²) in [5, 5.41) is 2.69. The highest BCUT2D eigenvalue weighted by Crippen LogP contribution is 2.39. The molecule has 0 aromatic heterocycles. The van der Waals surface area contributed by atoms with Gasteiger partial charge in [-0.25, -0.2) is 4.90 Å². The van der Waals surface area contributed by atoms with Crippen LogP contribution in [0.1, 0.15) is 19.4 Å². The van der Waals surface area contributed by atoms with Gasteiger partial charge in [0.25, 0.3) is 11.8 Å². The van der Waals surface area contributed by atoms with Crippen molar-refractivity contribution in [1.29, 1.82) is 0 Å². The van der Waals surface area contributed by atoms with E-state index in [2.05, 4.69) is 5.32 Å². The van der Waals surface area contributed by atoms with Gasteiger partial charge in [0.05, 0.1) is 18.4 Å². The number of amides is 3.